The number of ether oxygens (including phenoxy) is 1. The quantitative estimate of drug-likeness (QED) is 0.224. The van der Waals surface area contributed by atoms with Gasteiger partial charge in [0.2, 0.25) is 0 Å². The van der Waals surface area contributed by atoms with Gasteiger partial charge in [0.15, 0.2) is 12.2 Å². The maximum atomic E-state index is 10.2. The summed E-state index contributed by atoms with van der Waals surface area (Å²) < 4.78 is 5.37. The monoisotopic (exact) mass is 274 g/mol. The third-order valence-electron chi connectivity index (χ3n) is 3.11. The van der Waals surface area contributed by atoms with E-state index in [4.69, 9.17) is 4.74 Å². The van der Waals surface area contributed by atoms with Crippen molar-refractivity contribution in [2.24, 2.45) is 15.9 Å². The van der Waals surface area contributed by atoms with Crippen LogP contribution in [0.25, 0.3) is 0 Å². The number of aldehydes is 1. The molecule has 4 heteroatoms. The summed E-state index contributed by atoms with van der Waals surface area (Å²) in [7, 11) is 0. The molecule has 0 heterocycles. The molecule has 0 amide bonds. The first-order valence-corrected chi connectivity index (χ1v) is 6.89. The Morgan fingerprint density at radius 3 is 2.80 bits per heavy atom. The van der Waals surface area contributed by atoms with Crippen molar-refractivity contribution in [1.82, 2.24) is 0 Å². The van der Waals surface area contributed by atoms with Crippen LogP contribution >= 0.6 is 0 Å². The molecule has 0 spiro atoms. The largest absolute Gasteiger partial charge is 0.452 e. The molecular formula is C16H22N2O2. The lowest BCUT2D eigenvalue weighted by Gasteiger charge is -2.25. The molecule has 4 nitrogen and oxygen atoms in total. The van der Waals surface area contributed by atoms with Crippen LogP contribution < -0.4 is 0 Å². The fourth-order valence-electron chi connectivity index (χ4n) is 1.89. The van der Waals surface area contributed by atoms with Crippen molar-refractivity contribution in [3.63, 3.8) is 0 Å². The van der Waals surface area contributed by atoms with Crippen LogP contribution in [0.3, 0.4) is 0 Å². The summed E-state index contributed by atoms with van der Waals surface area (Å²) in [6.45, 7) is 5.99. The SMILES string of the molecule is C=COC(CC1CCC1)=NCC(/C=C\C)=C/N=CC=O. The van der Waals surface area contributed by atoms with Crippen molar-refractivity contribution in [3.05, 3.63) is 36.8 Å². The molecule has 0 aromatic heterocycles. The molecular weight excluding hydrogens is 252 g/mol. The van der Waals surface area contributed by atoms with E-state index >= 15 is 0 Å². The van der Waals surface area contributed by atoms with Crippen LogP contribution in [0.1, 0.15) is 32.6 Å². The van der Waals surface area contributed by atoms with E-state index in [-0.39, 0.29) is 0 Å². The number of nitrogens with zero attached hydrogens (tertiary/aromatic N) is 2. The van der Waals surface area contributed by atoms with E-state index in [1.54, 1.807) is 6.20 Å². The molecule has 0 unspecified atom stereocenters. The lowest BCUT2D eigenvalue weighted by atomic mass is 9.83. The van der Waals surface area contributed by atoms with Crippen molar-refractivity contribution >= 4 is 18.4 Å². The first-order chi connectivity index (χ1) is 9.80. The zero-order valence-electron chi connectivity index (χ0n) is 12.0. The lowest BCUT2D eigenvalue weighted by molar-refractivity contribution is -0.102. The van der Waals surface area contributed by atoms with Gasteiger partial charge in [0.1, 0.15) is 0 Å². The van der Waals surface area contributed by atoms with Crippen molar-refractivity contribution in [2.45, 2.75) is 32.6 Å². The summed E-state index contributed by atoms with van der Waals surface area (Å²) in [5.74, 6) is 1.41. The van der Waals surface area contributed by atoms with Gasteiger partial charge >= 0.3 is 0 Å². The van der Waals surface area contributed by atoms with Gasteiger partial charge in [-0.1, -0.05) is 25.2 Å². The molecule has 0 aliphatic heterocycles. The number of aliphatic imine (C=N–C) groups is 2. The van der Waals surface area contributed by atoms with E-state index < -0.39 is 0 Å². The standard InChI is InChI=1S/C16H22N2O2/c1-3-6-15(12-17-9-10-19)13-18-16(20-4-2)11-14-7-5-8-14/h3-4,6,9-10,12,14H,2,5,7-8,11,13H2,1H3/b6-3-,15-12+,17-9?,18-16?. The zero-order valence-corrected chi connectivity index (χ0v) is 12.0. The molecule has 0 bridgehead atoms. The first kappa shape index (κ1) is 16.1. The summed E-state index contributed by atoms with van der Waals surface area (Å²) in [4.78, 5) is 18.6. The normalized spacial score (nSPS) is 17.4. The van der Waals surface area contributed by atoms with Gasteiger partial charge in [-0.05, 0) is 31.3 Å². The van der Waals surface area contributed by atoms with Crippen LogP contribution in [0.15, 0.2) is 46.8 Å². The van der Waals surface area contributed by atoms with Crippen LogP contribution in [-0.2, 0) is 9.53 Å². The molecule has 0 aromatic carbocycles. The molecule has 1 aliphatic carbocycles. The Bertz CT molecular complexity index is 430. The third kappa shape index (κ3) is 6.27. The molecule has 1 saturated carbocycles. The van der Waals surface area contributed by atoms with Crippen LogP contribution in [0.2, 0.25) is 0 Å². The molecule has 0 N–H and O–H groups in total. The zero-order chi connectivity index (χ0) is 14.6. The minimum absolute atomic E-state index is 0.483. The van der Waals surface area contributed by atoms with Crippen molar-refractivity contribution in [2.75, 3.05) is 6.54 Å². The van der Waals surface area contributed by atoms with Crippen molar-refractivity contribution in [1.29, 1.82) is 0 Å². The molecule has 1 fully saturated rings. The van der Waals surface area contributed by atoms with Crippen LogP contribution in [-0.4, -0.2) is 24.9 Å². The number of allylic oxidation sites excluding steroid dienone is 1. The molecule has 0 aromatic rings. The molecule has 108 valence electrons. The fourth-order valence-corrected chi connectivity index (χ4v) is 1.89. The maximum absolute atomic E-state index is 10.2. The van der Waals surface area contributed by atoms with Gasteiger partial charge in [0.05, 0.1) is 19.0 Å². The molecule has 0 atom stereocenters. The van der Waals surface area contributed by atoms with Crippen LogP contribution in [0.5, 0.6) is 0 Å². The Labute approximate surface area is 120 Å². The highest BCUT2D eigenvalue weighted by Crippen LogP contribution is 2.29. The van der Waals surface area contributed by atoms with Crippen molar-refractivity contribution in [3.8, 4) is 0 Å². The smallest absolute Gasteiger partial charge is 0.189 e. The number of hydrogen-bond acceptors (Lipinski definition) is 4. The Morgan fingerprint density at radius 2 is 2.25 bits per heavy atom. The van der Waals surface area contributed by atoms with Gasteiger partial charge < -0.3 is 4.74 Å². The first-order valence-electron chi connectivity index (χ1n) is 6.89. The predicted octanol–water partition coefficient (Wildman–Crippen LogP) is 3.46. The maximum Gasteiger partial charge on any atom is 0.189 e. The molecule has 1 aliphatic rings. The second kappa shape index (κ2) is 9.89. The number of carbonyl (C=O) groups is 1. The van der Waals surface area contributed by atoms with E-state index in [9.17, 15) is 4.79 Å². The number of carbonyl (C=O) groups excluding carboxylic acids is 1. The second-order valence-electron chi connectivity index (χ2n) is 4.63. The third-order valence-corrected chi connectivity index (χ3v) is 3.11. The van der Waals surface area contributed by atoms with E-state index in [2.05, 4.69) is 16.6 Å². The van der Waals surface area contributed by atoms with Gasteiger partial charge in [-0.2, -0.15) is 0 Å². The van der Waals surface area contributed by atoms with Gasteiger partial charge in [-0.3, -0.25) is 14.8 Å². The Balaban J connectivity index is 2.64. The average Bonchev–Trinajstić information content (AvgIpc) is 2.39. The van der Waals surface area contributed by atoms with E-state index in [0.717, 1.165) is 17.9 Å². The second-order valence-corrected chi connectivity index (χ2v) is 4.63. The fraction of sp³-hybridized carbons (Fsp3) is 0.438. The summed E-state index contributed by atoms with van der Waals surface area (Å²) >= 11 is 0. The highest BCUT2D eigenvalue weighted by molar-refractivity contribution is 6.13. The molecule has 0 saturated heterocycles. The molecule has 0 radical (unpaired) electrons. The minimum Gasteiger partial charge on any atom is -0.452 e. The predicted molar refractivity (Wildman–Crippen MR) is 83.0 cm³/mol. The van der Waals surface area contributed by atoms with E-state index in [1.807, 2.05) is 19.1 Å². The Morgan fingerprint density at radius 1 is 1.45 bits per heavy atom. The Kier molecular flexibility index (Phi) is 7.96. The Hall–Kier alpha value is -1.97. The molecule has 20 heavy (non-hydrogen) atoms. The summed E-state index contributed by atoms with van der Waals surface area (Å²) in [6.07, 6.45) is 13.4. The highest BCUT2D eigenvalue weighted by atomic mass is 16.5. The summed E-state index contributed by atoms with van der Waals surface area (Å²) in [6, 6.07) is 0. The van der Waals surface area contributed by atoms with Gasteiger partial charge in [-0.25, -0.2) is 0 Å². The number of rotatable bonds is 8. The highest BCUT2D eigenvalue weighted by Gasteiger charge is 2.20. The average molecular weight is 274 g/mol. The van der Waals surface area contributed by atoms with Gasteiger partial charge in [0.25, 0.3) is 0 Å². The lowest BCUT2D eigenvalue weighted by Crippen LogP contribution is -2.17. The van der Waals surface area contributed by atoms with Crippen molar-refractivity contribution < 1.29 is 9.53 Å². The van der Waals surface area contributed by atoms with E-state index in [1.165, 1.54) is 31.7 Å². The van der Waals surface area contributed by atoms with Gasteiger partial charge in [-0.15, -0.1) is 0 Å². The molecule has 1 rings (SSSR count). The topological polar surface area (TPSA) is 51.0 Å². The minimum atomic E-state index is 0.483. The number of hydrogen-bond donors (Lipinski definition) is 0. The van der Waals surface area contributed by atoms with Crippen LogP contribution in [0.4, 0.5) is 0 Å². The summed E-state index contributed by atoms with van der Waals surface area (Å²) in [5.41, 5.74) is 0.921. The van der Waals surface area contributed by atoms with Crippen LogP contribution in [0, 0.1) is 5.92 Å². The van der Waals surface area contributed by atoms with Gasteiger partial charge in [0, 0.05) is 12.6 Å². The summed E-state index contributed by atoms with van der Waals surface area (Å²) in [5, 5.41) is 0. The van der Waals surface area contributed by atoms with E-state index in [0.29, 0.717) is 18.7 Å².